The minimum Gasteiger partial charge on any atom is -0.409 e. The first-order chi connectivity index (χ1) is 9.04. The van der Waals surface area contributed by atoms with E-state index < -0.39 is 0 Å². The van der Waals surface area contributed by atoms with E-state index in [0.717, 1.165) is 23.2 Å². The third kappa shape index (κ3) is 2.84. The summed E-state index contributed by atoms with van der Waals surface area (Å²) in [4.78, 5) is 2.21. The quantitative estimate of drug-likeness (QED) is 0.386. The smallest absolute Gasteiger partial charge is 0.170 e. The molecule has 5 nitrogen and oxygen atoms in total. The van der Waals surface area contributed by atoms with Crippen LogP contribution in [0.4, 0.5) is 5.69 Å². The van der Waals surface area contributed by atoms with Crippen molar-refractivity contribution in [2.24, 2.45) is 10.9 Å². The fourth-order valence-corrected chi connectivity index (χ4v) is 3.08. The Morgan fingerprint density at radius 2 is 2.32 bits per heavy atom. The minimum absolute atomic E-state index is 0.104. The van der Waals surface area contributed by atoms with E-state index in [2.05, 4.69) is 40.0 Å². The lowest BCUT2D eigenvalue weighted by Crippen LogP contribution is -2.37. The maximum Gasteiger partial charge on any atom is 0.170 e. The van der Waals surface area contributed by atoms with Gasteiger partial charge < -0.3 is 20.6 Å². The van der Waals surface area contributed by atoms with Crippen LogP contribution in [-0.4, -0.2) is 36.8 Å². The monoisotopic (exact) mass is 327 g/mol. The van der Waals surface area contributed by atoms with E-state index >= 15 is 0 Å². The number of hydrogen-bond acceptors (Lipinski definition) is 4. The fourth-order valence-electron chi connectivity index (χ4n) is 2.42. The van der Waals surface area contributed by atoms with Gasteiger partial charge >= 0.3 is 0 Å². The molecule has 1 aliphatic rings. The van der Waals surface area contributed by atoms with Crippen LogP contribution in [0.3, 0.4) is 0 Å². The third-order valence-electron chi connectivity index (χ3n) is 3.56. The standard InChI is InChI=1S/C13H18BrN3O2/c1-8-11(5-6-19-8)17(2)12-4-3-9(7-10(12)14)13(15)16-18/h3-4,7-8,11,18H,5-6H2,1-2H3,(H2,15,16). The number of oxime groups is 1. The van der Waals surface area contributed by atoms with Gasteiger partial charge in [0.05, 0.1) is 17.8 Å². The van der Waals surface area contributed by atoms with Crippen molar-refractivity contribution in [1.82, 2.24) is 0 Å². The molecule has 1 heterocycles. The van der Waals surface area contributed by atoms with Crippen LogP contribution in [0.15, 0.2) is 27.8 Å². The average molecular weight is 328 g/mol. The summed E-state index contributed by atoms with van der Waals surface area (Å²) < 4.78 is 6.51. The number of halogens is 1. The molecule has 1 saturated heterocycles. The first kappa shape index (κ1) is 14.1. The molecule has 19 heavy (non-hydrogen) atoms. The number of nitrogens with zero attached hydrogens (tertiary/aromatic N) is 2. The maximum absolute atomic E-state index is 8.69. The molecule has 0 amide bonds. The summed E-state index contributed by atoms with van der Waals surface area (Å²) in [5, 5.41) is 11.7. The molecule has 0 radical (unpaired) electrons. The molecule has 104 valence electrons. The van der Waals surface area contributed by atoms with Gasteiger partial charge in [0.2, 0.25) is 0 Å². The number of nitrogens with two attached hydrogens (primary N) is 1. The third-order valence-corrected chi connectivity index (χ3v) is 4.20. The molecular formula is C13H18BrN3O2. The fraction of sp³-hybridized carbons (Fsp3) is 0.462. The number of likely N-dealkylation sites (N-methyl/N-ethyl adjacent to an activating group) is 1. The molecule has 1 aliphatic heterocycles. The zero-order chi connectivity index (χ0) is 14.0. The van der Waals surface area contributed by atoms with Crippen molar-refractivity contribution in [1.29, 1.82) is 0 Å². The molecule has 6 heteroatoms. The van der Waals surface area contributed by atoms with Crippen LogP contribution in [0, 0.1) is 0 Å². The van der Waals surface area contributed by atoms with Crippen LogP contribution >= 0.6 is 15.9 Å². The number of ether oxygens (including phenoxy) is 1. The van der Waals surface area contributed by atoms with Gasteiger partial charge in [0.25, 0.3) is 0 Å². The summed E-state index contributed by atoms with van der Waals surface area (Å²) in [6.07, 6.45) is 1.24. The minimum atomic E-state index is 0.104. The summed E-state index contributed by atoms with van der Waals surface area (Å²) in [5.41, 5.74) is 7.33. The molecule has 0 saturated carbocycles. The summed E-state index contributed by atoms with van der Waals surface area (Å²) in [7, 11) is 2.05. The van der Waals surface area contributed by atoms with Crippen molar-refractivity contribution in [2.45, 2.75) is 25.5 Å². The molecule has 0 bridgehead atoms. The Hall–Kier alpha value is -1.27. The van der Waals surface area contributed by atoms with Crippen LogP contribution in [-0.2, 0) is 4.74 Å². The van der Waals surface area contributed by atoms with Crippen LogP contribution in [0.2, 0.25) is 0 Å². The van der Waals surface area contributed by atoms with Gasteiger partial charge in [-0.2, -0.15) is 0 Å². The van der Waals surface area contributed by atoms with E-state index in [1.807, 2.05) is 18.2 Å². The lowest BCUT2D eigenvalue weighted by Gasteiger charge is -2.29. The molecule has 0 aliphatic carbocycles. The Kier molecular flexibility index (Phi) is 4.31. The van der Waals surface area contributed by atoms with Crippen molar-refractivity contribution in [3.63, 3.8) is 0 Å². The molecule has 2 rings (SSSR count). The predicted molar refractivity (Wildman–Crippen MR) is 78.9 cm³/mol. The zero-order valence-electron chi connectivity index (χ0n) is 11.0. The maximum atomic E-state index is 8.69. The van der Waals surface area contributed by atoms with Crippen LogP contribution in [0.25, 0.3) is 0 Å². The van der Waals surface area contributed by atoms with Gasteiger partial charge in [-0.15, -0.1) is 0 Å². The Morgan fingerprint density at radius 3 is 2.84 bits per heavy atom. The van der Waals surface area contributed by atoms with Crippen molar-refractivity contribution in [2.75, 3.05) is 18.6 Å². The van der Waals surface area contributed by atoms with Crippen LogP contribution < -0.4 is 10.6 Å². The van der Waals surface area contributed by atoms with Gasteiger partial charge in [-0.1, -0.05) is 5.16 Å². The van der Waals surface area contributed by atoms with E-state index in [9.17, 15) is 0 Å². The number of amidine groups is 1. The van der Waals surface area contributed by atoms with Gasteiger partial charge in [0.1, 0.15) is 0 Å². The predicted octanol–water partition coefficient (Wildman–Crippen LogP) is 2.16. The summed E-state index contributed by atoms with van der Waals surface area (Å²) in [5.74, 6) is 0.104. The van der Waals surface area contributed by atoms with E-state index in [-0.39, 0.29) is 11.9 Å². The van der Waals surface area contributed by atoms with Crippen molar-refractivity contribution in [3.05, 3.63) is 28.2 Å². The Bertz CT molecular complexity index is 493. The second-order valence-electron chi connectivity index (χ2n) is 4.69. The molecule has 1 aromatic carbocycles. The van der Waals surface area contributed by atoms with Crippen LogP contribution in [0.1, 0.15) is 18.9 Å². The Labute approximate surface area is 121 Å². The lowest BCUT2D eigenvalue weighted by atomic mass is 10.1. The van der Waals surface area contributed by atoms with Crippen LogP contribution in [0.5, 0.6) is 0 Å². The molecule has 0 aromatic heterocycles. The number of anilines is 1. The Balaban J connectivity index is 2.25. The molecule has 2 atom stereocenters. The highest BCUT2D eigenvalue weighted by Gasteiger charge is 2.28. The lowest BCUT2D eigenvalue weighted by molar-refractivity contribution is 0.118. The number of rotatable bonds is 3. The van der Waals surface area contributed by atoms with E-state index in [1.54, 1.807) is 0 Å². The number of benzene rings is 1. The molecule has 1 fully saturated rings. The first-order valence-electron chi connectivity index (χ1n) is 6.16. The second-order valence-corrected chi connectivity index (χ2v) is 5.55. The average Bonchev–Trinajstić information content (AvgIpc) is 2.83. The van der Waals surface area contributed by atoms with E-state index in [1.165, 1.54) is 0 Å². The molecule has 3 N–H and O–H groups in total. The van der Waals surface area contributed by atoms with Gasteiger partial charge in [-0.3, -0.25) is 0 Å². The van der Waals surface area contributed by atoms with Gasteiger partial charge in [0.15, 0.2) is 5.84 Å². The van der Waals surface area contributed by atoms with Crippen molar-refractivity contribution < 1.29 is 9.94 Å². The van der Waals surface area contributed by atoms with Gasteiger partial charge in [-0.25, -0.2) is 0 Å². The largest absolute Gasteiger partial charge is 0.409 e. The van der Waals surface area contributed by atoms with E-state index in [0.29, 0.717) is 11.6 Å². The summed E-state index contributed by atoms with van der Waals surface area (Å²) >= 11 is 3.54. The molecule has 2 unspecified atom stereocenters. The highest BCUT2D eigenvalue weighted by molar-refractivity contribution is 9.10. The molecular weight excluding hydrogens is 310 g/mol. The highest BCUT2D eigenvalue weighted by atomic mass is 79.9. The Morgan fingerprint density at radius 1 is 1.58 bits per heavy atom. The normalized spacial score (nSPS) is 23.6. The SMILES string of the molecule is CC1OCCC1N(C)c1ccc(/C(N)=N/O)cc1Br. The highest BCUT2D eigenvalue weighted by Crippen LogP contribution is 2.31. The zero-order valence-corrected chi connectivity index (χ0v) is 12.6. The summed E-state index contributed by atoms with van der Waals surface area (Å²) in [6, 6.07) is 6.02. The van der Waals surface area contributed by atoms with Crippen molar-refractivity contribution in [3.8, 4) is 0 Å². The second kappa shape index (κ2) is 5.79. The molecule has 1 aromatic rings. The van der Waals surface area contributed by atoms with E-state index in [4.69, 9.17) is 15.7 Å². The number of hydrogen-bond donors (Lipinski definition) is 2. The first-order valence-corrected chi connectivity index (χ1v) is 6.95. The molecule has 0 spiro atoms. The summed E-state index contributed by atoms with van der Waals surface area (Å²) in [6.45, 7) is 2.89. The van der Waals surface area contributed by atoms with Gasteiger partial charge in [0, 0.05) is 23.7 Å². The van der Waals surface area contributed by atoms with Gasteiger partial charge in [-0.05, 0) is 47.5 Å². The topological polar surface area (TPSA) is 71.1 Å². The van der Waals surface area contributed by atoms with Crippen molar-refractivity contribution >= 4 is 27.5 Å².